The van der Waals surface area contributed by atoms with Gasteiger partial charge in [-0.15, -0.1) is 0 Å². The number of phenols is 1. The average Bonchev–Trinajstić information content (AvgIpc) is 2.28. The summed E-state index contributed by atoms with van der Waals surface area (Å²) in [6.07, 6.45) is 0.275. The third kappa shape index (κ3) is 2.82. The fourth-order valence-electron chi connectivity index (χ4n) is 1.58. The van der Waals surface area contributed by atoms with Crippen LogP contribution in [0.15, 0.2) is 6.07 Å². The third-order valence-electron chi connectivity index (χ3n) is 2.68. The van der Waals surface area contributed by atoms with Crippen LogP contribution in [0.4, 0.5) is 0 Å². The number of aliphatic carboxylic acids is 1. The number of hydrogen-bond acceptors (Lipinski definition) is 3. The highest BCUT2D eigenvalue weighted by Gasteiger charge is 2.19. The predicted molar refractivity (Wildman–Crippen MR) is 64.9 cm³/mol. The summed E-state index contributed by atoms with van der Waals surface area (Å²) in [5, 5.41) is 18.8. The highest BCUT2D eigenvalue weighted by atomic mass is 35.5. The molecular formula is C12H15ClO4. The van der Waals surface area contributed by atoms with E-state index in [1.807, 2.05) is 0 Å². The van der Waals surface area contributed by atoms with Crippen molar-refractivity contribution in [2.45, 2.75) is 20.3 Å². The van der Waals surface area contributed by atoms with Gasteiger partial charge in [-0.25, -0.2) is 0 Å². The van der Waals surface area contributed by atoms with Crippen LogP contribution in [-0.4, -0.2) is 23.3 Å². The number of benzene rings is 1. The second-order valence-electron chi connectivity index (χ2n) is 3.98. The number of carboxylic acids is 1. The summed E-state index contributed by atoms with van der Waals surface area (Å²) in [6.45, 7) is 3.40. The Morgan fingerprint density at radius 1 is 1.59 bits per heavy atom. The normalized spacial score (nSPS) is 12.2. The smallest absolute Gasteiger partial charge is 0.306 e. The van der Waals surface area contributed by atoms with E-state index in [-0.39, 0.29) is 17.2 Å². The lowest BCUT2D eigenvalue weighted by atomic mass is 9.97. The molecule has 0 heterocycles. The van der Waals surface area contributed by atoms with Crippen molar-refractivity contribution in [3.8, 4) is 11.5 Å². The van der Waals surface area contributed by atoms with Gasteiger partial charge in [0.05, 0.1) is 18.1 Å². The number of halogens is 1. The highest BCUT2D eigenvalue weighted by Crippen LogP contribution is 2.39. The minimum atomic E-state index is -0.893. The van der Waals surface area contributed by atoms with E-state index in [1.54, 1.807) is 19.9 Å². The van der Waals surface area contributed by atoms with Gasteiger partial charge in [0.25, 0.3) is 0 Å². The number of phenolic OH excluding ortho intramolecular Hbond substituents is 1. The first-order chi connectivity index (χ1) is 7.88. The molecule has 0 bridgehead atoms. The summed E-state index contributed by atoms with van der Waals surface area (Å²) in [5.74, 6) is -1.30. The number of hydrogen-bond donors (Lipinski definition) is 2. The molecule has 1 aromatic rings. The fourth-order valence-corrected chi connectivity index (χ4v) is 1.90. The Bertz CT molecular complexity index is 443. The molecule has 0 aliphatic carbocycles. The Labute approximate surface area is 105 Å². The van der Waals surface area contributed by atoms with E-state index in [9.17, 15) is 9.90 Å². The molecule has 1 unspecified atom stereocenters. The molecule has 0 spiro atoms. The molecule has 94 valence electrons. The topological polar surface area (TPSA) is 66.8 Å². The molecule has 0 aliphatic heterocycles. The van der Waals surface area contributed by atoms with Crippen LogP contribution in [0.5, 0.6) is 11.5 Å². The zero-order valence-corrected chi connectivity index (χ0v) is 10.7. The molecule has 17 heavy (non-hydrogen) atoms. The lowest BCUT2D eigenvalue weighted by Gasteiger charge is -2.14. The summed E-state index contributed by atoms with van der Waals surface area (Å²) >= 11 is 6.01. The van der Waals surface area contributed by atoms with E-state index in [0.717, 1.165) is 5.56 Å². The van der Waals surface area contributed by atoms with Gasteiger partial charge in [0.15, 0.2) is 11.5 Å². The molecule has 4 nitrogen and oxygen atoms in total. The number of rotatable bonds is 4. The van der Waals surface area contributed by atoms with Crippen LogP contribution in [0, 0.1) is 12.8 Å². The molecule has 2 N–H and O–H groups in total. The maximum absolute atomic E-state index is 10.8. The van der Waals surface area contributed by atoms with Gasteiger partial charge in [-0.3, -0.25) is 4.79 Å². The molecule has 5 heteroatoms. The molecule has 0 saturated heterocycles. The summed E-state index contributed by atoms with van der Waals surface area (Å²) in [6, 6.07) is 1.64. The second kappa shape index (κ2) is 5.27. The highest BCUT2D eigenvalue weighted by molar-refractivity contribution is 6.33. The minimum absolute atomic E-state index is 0.146. The molecule has 0 radical (unpaired) electrons. The van der Waals surface area contributed by atoms with Gasteiger partial charge in [-0.2, -0.15) is 0 Å². The van der Waals surface area contributed by atoms with Crippen molar-refractivity contribution >= 4 is 17.6 Å². The van der Waals surface area contributed by atoms with E-state index < -0.39 is 11.9 Å². The lowest BCUT2D eigenvalue weighted by molar-refractivity contribution is -0.141. The van der Waals surface area contributed by atoms with Crippen molar-refractivity contribution < 1.29 is 19.7 Å². The first-order valence-electron chi connectivity index (χ1n) is 5.16. The van der Waals surface area contributed by atoms with Crippen LogP contribution < -0.4 is 4.74 Å². The van der Waals surface area contributed by atoms with Crippen molar-refractivity contribution in [2.75, 3.05) is 7.11 Å². The molecule has 0 saturated carbocycles. The minimum Gasteiger partial charge on any atom is -0.503 e. The second-order valence-corrected chi connectivity index (χ2v) is 4.36. The summed E-state index contributed by atoms with van der Waals surface area (Å²) in [5.41, 5.74) is 1.44. The Balaban J connectivity index is 3.17. The van der Waals surface area contributed by atoms with Gasteiger partial charge < -0.3 is 14.9 Å². The van der Waals surface area contributed by atoms with Gasteiger partial charge in [0.2, 0.25) is 0 Å². The van der Waals surface area contributed by atoms with Crippen LogP contribution in [0.2, 0.25) is 5.02 Å². The maximum Gasteiger partial charge on any atom is 0.306 e. The van der Waals surface area contributed by atoms with Crippen LogP contribution in [0.25, 0.3) is 0 Å². The van der Waals surface area contributed by atoms with E-state index in [4.69, 9.17) is 21.4 Å². The molecular weight excluding hydrogens is 244 g/mol. The Hall–Kier alpha value is -1.42. The van der Waals surface area contributed by atoms with E-state index >= 15 is 0 Å². The molecule has 0 amide bonds. The first-order valence-corrected chi connectivity index (χ1v) is 5.54. The Morgan fingerprint density at radius 3 is 2.65 bits per heavy atom. The Kier molecular flexibility index (Phi) is 4.23. The fraction of sp³-hybridized carbons (Fsp3) is 0.417. The number of carbonyl (C=O) groups is 1. The van der Waals surface area contributed by atoms with Gasteiger partial charge in [0.1, 0.15) is 0 Å². The van der Waals surface area contributed by atoms with Crippen molar-refractivity contribution in [3.63, 3.8) is 0 Å². The number of carboxylic acid groups (broad SMARTS) is 1. The van der Waals surface area contributed by atoms with Gasteiger partial charge >= 0.3 is 5.97 Å². The number of aromatic hydroxyl groups is 1. The molecule has 0 aliphatic rings. The number of ether oxygens (including phenoxy) is 1. The maximum atomic E-state index is 10.8. The van der Waals surface area contributed by atoms with Gasteiger partial charge in [-0.1, -0.05) is 18.5 Å². The summed E-state index contributed by atoms with van der Waals surface area (Å²) in [7, 11) is 1.43. The molecule has 0 aromatic heterocycles. The largest absolute Gasteiger partial charge is 0.503 e. The molecule has 1 rings (SSSR count). The zero-order chi connectivity index (χ0) is 13.2. The van der Waals surface area contributed by atoms with Crippen LogP contribution in [0.1, 0.15) is 18.1 Å². The molecule has 0 fully saturated rings. The van der Waals surface area contributed by atoms with E-state index in [2.05, 4.69) is 0 Å². The SMILES string of the molecule is COc1cc(C)c(CC(C)C(=O)O)c(Cl)c1O. The van der Waals surface area contributed by atoms with E-state index in [0.29, 0.717) is 11.3 Å². The molecule has 1 atom stereocenters. The quantitative estimate of drug-likeness (QED) is 0.871. The van der Waals surface area contributed by atoms with Crippen molar-refractivity contribution in [2.24, 2.45) is 5.92 Å². The average molecular weight is 259 g/mol. The van der Waals surface area contributed by atoms with Crippen LogP contribution in [-0.2, 0) is 11.2 Å². The van der Waals surface area contributed by atoms with Gasteiger partial charge in [0, 0.05) is 0 Å². The zero-order valence-electron chi connectivity index (χ0n) is 9.95. The van der Waals surface area contributed by atoms with Gasteiger partial charge in [-0.05, 0) is 30.5 Å². The first kappa shape index (κ1) is 13.6. The summed E-state index contributed by atoms with van der Waals surface area (Å²) in [4.78, 5) is 10.8. The third-order valence-corrected chi connectivity index (χ3v) is 3.09. The Morgan fingerprint density at radius 2 is 2.18 bits per heavy atom. The van der Waals surface area contributed by atoms with Crippen molar-refractivity contribution in [1.82, 2.24) is 0 Å². The van der Waals surface area contributed by atoms with E-state index in [1.165, 1.54) is 7.11 Å². The monoisotopic (exact) mass is 258 g/mol. The summed E-state index contributed by atoms with van der Waals surface area (Å²) < 4.78 is 4.96. The van der Waals surface area contributed by atoms with Crippen molar-refractivity contribution in [1.29, 1.82) is 0 Å². The predicted octanol–water partition coefficient (Wildman–Crippen LogP) is 2.63. The van der Waals surface area contributed by atoms with Crippen LogP contribution >= 0.6 is 11.6 Å². The molecule has 1 aromatic carbocycles. The number of aryl methyl sites for hydroxylation is 1. The van der Waals surface area contributed by atoms with Crippen molar-refractivity contribution in [3.05, 3.63) is 22.2 Å². The van der Waals surface area contributed by atoms with Crippen LogP contribution in [0.3, 0.4) is 0 Å². The standard InChI is InChI=1S/C12H15ClO4/c1-6-5-9(17-3)11(14)10(13)8(6)4-7(2)12(15)16/h5,7,14H,4H2,1-3H3,(H,15,16). The number of methoxy groups -OCH3 is 1. The lowest BCUT2D eigenvalue weighted by Crippen LogP contribution is -2.13.